The standard InChI is InChI=1S/C23H22ClN3O3S/c1-27(11-15-5-4-6-18(29-2)21(15)30-3)12-19-25-22(28)20-17(13-31-23(20)26-19)14-7-9-16(24)10-8-14/h4-10,13H,11-12H2,1-3H3,(H,25,26,28)/p+1. The number of fused-ring (bicyclic) bond motifs is 1. The van der Waals surface area contributed by atoms with Crippen LogP contribution < -0.4 is 19.9 Å². The van der Waals surface area contributed by atoms with E-state index >= 15 is 0 Å². The van der Waals surface area contributed by atoms with E-state index in [1.54, 1.807) is 14.2 Å². The maximum atomic E-state index is 12.9. The monoisotopic (exact) mass is 456 g/mol. The lowest BCUT2D eigenvalue weighted by Crippen LogP contribution is -3.06. The lowest BCUT2D eigenvalue weighted by molar-refractivity contribution is -0.908. The van der Waals surface area contributed by atoms with E-state index < -0.39 is 0 Å². The van der Waals surface area contributed by atoms with Crippen molar-refractivity contribution < 1.29 is 14.4 Å². The fraction of sp³-hybridized carbons (Fsp3) is 0.217. The summed E-state index contributed by atoms with van der Waals surface area (Å²) in [6.07, 6.45) is 0. The maximum Gasteiger partial charge on any atom is 0.260 e. The smallest absolute Gasteiger partial charge is 0.260 e. The summed E-state index contributed by atoms with van der Waals surface area (Å²) in [4.78, 5) is 22.5. The van der Waals surface area contributed by atoms with Crippen molar-refractivity contribution in [1.29, 1.82) is 0 Å². The number of aromatic amines is 1. The van der Waals surface area contributed by atoms with Gasteiger partial charge in [-0.2, -0.15) is 0 Å². The zero-order chi connectivity index (χ0) is 22.0. The second-order valence-corrected chi connectivity index (χ2v) is 8.61. The first kappa shape index (κ1) is 21.4. The topological polar surface area (TPSA) is 68.7 Å². The average Bonchev–Trinajstić information content (AvgIpc) is 3.18. The molecule has 0 spiro atoms. The zero-order valence-electron chi connectivity index (χ0n) is 17.5. The number of benzene rings is 2. The number of hydrogen-bond acceptors (Lipinski definition) is 5. The first-order chi connectivity index (χ1) is 15.0. The largest absolute Gasteiger partial charge is 0.493 e. The molecule has 1 atom stereocenters. The van der Waals surface area contributed by atoms with E-state index in [1.807, 2.05) is 47.8 Å². The van der Waals surface area contributed by atoms with E-state index in [2.05, 4.69) is 12.0 Å². The summed E-state index contributed by atoms with van der Waals surface area (Å²) in [6.45, 7) is 1.27. The number of thiophene rings is 1. The van der Waals surface area contributed by atoms with Gasteiger partial charge >= 0.3 is 0 Å². The lowest BCUT2D eigenvalue weighted by atomic mass is 10.1. The molecule has 2 heterocycles. The first-order valence-corrected chi connectivity index (χ1v) is 11.0. The molecule has 0 saturated heterocycles. The average molecular weight is 457 g/mol. The van der Waals surface area contributed by atoms with Gasteiger partial charge in [0.15, 0.2) is 17.3 Å². The Morgan fingerprint density at radius 3 is 2.58 bits per heavy atom. The van der Waals surface area contributed by atoms with Gasteiger partial charge in [0.1, 0.15) is 17.9 Å². The second-order valence-electron chi connectivity index (χ2n) is 7.31. The number of H-pyrrole nitrogens is 1. The molecule has 8 heteroatoms. The third kappa shape index (κ3) is 4.44. The Morgan fingerprint density at radius 2 is 1.87 bits per heavy atom. The number of methoxy groups -OCH3 is 2. The number of aromatic nitrogens is 2. The molecule has 0 bridgehead atoms. The van der Waals surface area contributed by atoms with Crippen LogP contribution in [-0.4, -0.2) is 31.2 Å². The molecule has 0 radical (unpaired) electrons. The number of para-hydroxylation sites is 1. The summed E-state index contributed by atoms with van der Waals surface area (Å²) in [7, 11) is 5.32. The molecule has 6 nitrogen and oxygen atoms in total. The van der Waals surface area contributed by atoms with Crippen molar-refractivity contribution in [2.45, 2.75) is 13.1 Å². The van der Waals surface area contributed by atoms with Gasteiger partial charge in [-0.1, -0.05) is 29.8 Å². The highest BCUT2D eigenvalue weighted by Crippen LogP contribution is 2.32. The van der Waals surface area contributed by atoms with Gasteiger partial charge in [-0.05, 0) is 29.8 Å². The van der Waals surface area contributed by atoms with E-state index in [0.717, 1.165) is 32.2 Å². The SMILES string of the molecule is COc1cccc(C[NH+](C)Cc2nc3scc(-c4ccc(Cl)cc4)c3c(=O)[nH]2)c1OC. The first-order valence-electron chi connectivity index (χ1n) is 9.77. The van der Waals surface area contributed by atoms with Crippen LogP contribution in [-0.2, 0) is 13.1 Å². The number of rotatable bonds is 7. The fourth-order valence-electron chi connectivity index (χ4n) is 3.69. The molecule has 4 aromatic rings. The summed E-state index contributed by atoms with van der Waals surface area (Å²) in [5.74, 6) is 2.09. The van der Waals surface area contributed by atoms with Crippen LogP contribution in [0.1, 0.15) is 11.4 Å². The van der Waals surface area contributed by atoms with Crippen molar-refractivity contribution in [3.05, 3.63) is 74.6 Å². The van der Waals surface area contributed by atoms with Crippen LogP contribution in [0.2, 0.25) is 5.02 Å². The summed E-state index contributed by atoms with van der Waals surface area (Å²) in [5.41, 5.74) is 2.73. The molecule has 0 aliphatic heterocycles. The molecule has 31 heavy (non-hydrogen) atoms. The van der Waals surface area contributed by atoms with Crippen molar-refractivity contribution in [2.24, 2.45) is 0 Å². The van der Waals surface area contributed by atoms with Crippen LogP contribution in [0, 0.1) is 0 Å². The van der Waals surface area contributed by atoms with Gasteiger partial charge in [0, 0.05) is 16.0 Å². The van der Waals surface area contributed by atoms with Crippen LogP contribution in [0.3, 0.4) is 0 Å². The zero-order valence-corrected chi connectivity index (χ0v) is 19.1. The Labute approximate surface area is 189 Å². The Bertz CT molecular complexity index is 1270. The van der Waals surface area contributed by atoms with Gasteiger partial charge in [0.05, 0.1) is 32.2 Å². The molecule has 2 aromatic carbocycles. The van der Waals surface area contributed by atoms with Crippen LogP contribution in [0.4, 0.5) is 0 Å². The van der Waals surface area contributed by atoms with E-state index in [-0.39, 0.29) is 5.56 Å². The normalized spacial score (nSPS) is 12.1. The van der Waals surface area contributed by atoms with Gasteiger partial charge in [-0.25, -0.2) is 4.98 Å². The lowest BCUT2D eigenvalue weighted by Gasteiger charge is -2.17. The molecule has 1 unspecified atom stereocenters. The molecule has 2 N–H and O–H groups in total. The third-order valence-electron chi connectivity index (χ3n) is 5.09. The van der Waals surface area contributed by atoms with Gasteiger partial charge in [-0.3, -0.25) is 4.79 Å². The molecule has 0 fully saturated rings. The minimum absolute atomic E-state index is 0.127. The van der Waals surface area contributed by atoms with Crippen LogP contribution >= 0.6 is 22.9 Å². The predicted molar refractivity (Wildman–Crippen MR) is 125 cm³/mol. The van der Waals surface area contributed by atoms with E-state index in [0.29, 0.717) is 35.1 Å². The van der Waals surface area contributed by atoms with Crippen molar-refractivity contribution in [2.75, 3.05) is 21.3 Å². The number of ether oxygens (including phenoxy) is 2. The number of quaternary nitrogens is 1. The van der Waals surface area contributed by atoms with Crippen LogP contribution in [0.25, 0.3) is 21.3 Å². The molecule has 0 aliphatic rings. The molecule has 0 saturated carbocycles. The minimum atomic E-state index is -0.127. The van der Waals surface area contributed by atoms with E-state index in [4.69, 9.17) is 26.1 Å². The summed E-state index contributed by atoms with van der Waals surface area (Å²) >= 11 is 7.46. The van der Waals surface area contributed by atoms with Crippen LogP contribution in [0.15, 0.2) is 52.6 Å². The fourth-order valence-corrected chi connectivity index (χ4v) is 4.78. The van der Waals surface area contributed by atoms with Gasteiger partial charge in [0.2, 0.25) is 0 Å². The highest BCUT2D eigenvalue weighted by molar-refractivity contribution is 7.17. The number of halogens is 1. The summed E-state index contributed by atoms with van der Waals surface area (Å²) in [5, 5.41) is 3.25. The summed E-state index contributed by atoms with van der Waals surface area (Å²) in [6, 6.07) is 13.3. The minimum Gasteiger partial charge on any atom is -0.493 e. The van der Waals surface area contributed by atoms with Crippen molar-refractivity contribution in [1.82, 2.24) is 9.97 Å². The molecule has 160 valence electrons. The van der Waals surface area contributed by atoms with Gasteiger partial charge < -0.3 is 19.4 Å². The van der Waals surface area contributed by atoms with E-state index in [1.165, 1.54) is 11.3 Å². The highest BCUT2D eigenvalue weighted by atomic mass is 35.5. The maximum absolute atomic E-state index is 12.9. The predicted octanol–water partition coefficient (Wildman–Crippen LogP) is 3.54. The van der Waals surface area contributed by atoms with E-state index in [9.17, 15) is 4.79 Å². The quantitative estimate of drug-likeness (QED) is 0.446. The summed E-state index contributed by atoms with van der Waals surface area (Å²) < 4.78 is 10.9. The molecule has 0 amide bonds. The Balaban J connectivity index is 1.59. The second kappa shape index (κ2) is 9.09. The van der Waals surface area contributed by atoms with Crippen molar-refractivity contribution >= 4 is 33.2 Å². The van der Waals surface area contributed by atoms with Crippen molar-refractivity contribution in [3.63, 3.8) is 0 Å². The van der Waals surface area contributed by atoms with Gasteiger partial charge in [-0.15, -0.1) is 11.3 Å². The number of nitrogens with one attached hydrogen (secondary N) is 2. The van der Waals surface area contributed by atoms with Crippen LogP contribution in [0.5, 0.6) is 11.5 Å². The Hall–Kier alpha value is -2.87. The number of hydrogen-bond donors (Lipinski definition) is 2. The highest BCUT2D eigenvalue weighted by Gasteiger charge is 2.17. The molecular weight excluding hydrogens is 434 g/mol. The Kier molecular flexibility index (Phi) is 6.27. The molecule has 0 aliphatic carbocycles. The van der Waals surface area contributed by atoms with Gasteiger partial charge in [0.25, 0.3) is 5.56 Å². The molecular formula is C23H23ClN3O3S+. The molecule has 2 aromatic heterocycles. The number of nitrogens with zero attached hydrogens (tertiary/aromatic N) is 1. The Morgan fingerprint density at radius 1 is 1.10 bits per heavy atom. The third-order valence-corrected chi connectivity index (χ3v) is 6.22. The van der Waals surface area contributed by atoms with Crippen molar-refractivity contribution in [3.8, 4) is 22.6 Å². The molecule has 4 rings (SSSR count).